The Balaban J connectivity index is 1.50. The molecule has 0 aromatic heterocycles. The van der Waals surface area contributed by atoms with Crippen molar-refractivity contribution >= 4 is 17.3 Å². The van der Waals surface area contributed by atoms with Crippen molar-refractivity contribution < 1.29 is 14.3 Å². The number of nitrogens with zero attached hydrogens (tertiary/aromatic N) is 2. The summed E-state index contributed by atoms with van der Waals surface area (Å²) in [5.41, 5.74) is 2.33. The quantitative estimate of drug-likeness (QED) is 0.765. The molecule has 6 heteroatoms. The van der Waals surface area contributed by atoms with Crippen LogP contribution in [0.1, 0.15) is 28.3 Å². The van der Waals surface area contributed by atoms with Crippen LogP contribution in [0.5, 0.6) is 5.75 Å². The van der Waals surface area contributed by atoms with Gasteiger partial charge in [-0.1, -0.05) is 24.3 Å². The molecule has 1 saturated heterocycles. The minimum Gasteiger partial charge on any atom is -0.497 e. The molecule has 2 aliphatic heterocycles. The van der Waals surface area contributed by atoms with Gasteiger partial charge in [0.05, 0.1) is 26.0 Å². The second kappa shape index (κ2) is 9.20. The topological polar surface area (TPSA) is 63.2 Å². The molecule has 1 unspecified atom stereocenters. The molecule has 2 aliphatic rings. The Hall–Kier alpha value is -2.70. The van der Waals surface area contributed by atoms with Crippen molar-refractivity contribution in [1.29, 1.82) is 0 Å². The fraction of sp³-hybridized carbons (Fsp3) is 0.391. The summed E-state index contributed by atoms with van der Waals surface area (Å²) in [5, 5.41) is 3.45. The van der Waals surface area contributed by atoms with Crippen molar-refractivity contribution in [2.75, 3.05) is 46.5 Å². The highest BCUT2D eigenvalue weighted by atomic mass is 16.5. The molecule has 29 heavy (non-hydrogen) atoms. The molecule has 1 fully saturated rings. The summed E-state index contributed by atoms with van der Waals surface area (Å²) in [6.45, 7) is 5.39. The zero-order valence-electron chi connectivity index (χ0n) is 16.8. The summed E-state index contributed by atoms with van der Waals surface area (Å²) in [6.07, 6.45) is 0.990. The maximum absolute atomic E-state index is 13.3. The van der Waals surface area contributed by atoms with Crippen LogP contribution in [0.2, 0.25) is 0 Å². The molecule has 0 bridgehead atoms. The second-order valence-electron chi connectivity index (χ2n) is 7.32. The summed E-state index contributed by atoms with van der Waals surface area (Å²) >= 11 is 0. The van der Waals surface area contributed by atoms with Crippen molar-refractivity contribution in [3.8, 4) is 5.75 Å². The Morgan fingerprint density at radius 1 is 1.14 bits per heavy atom. The molecule has 0 radical (unpaired) electrons. The highest BCUT2D eigenvalue weighted by Crippen LogP contribution is 2.33. The second-order valence-corrected chi connectivity index (χ2v) is 7.32. The van der Waals surface area contributed by atoms with Gasteiger partial charge in [-0.3, -0.25) is 9.69 Å². The van der Waals surface area contributed by atoms with Crippen molar-refractivity contribution in [1.82, 2.24) is 10.2 Å². The van der Waals surface area contributed by atoms with Crippen LogP contribution in [-0.2, 0) is 4.74 Å². The minimum atomic E-state index is -0.417. The maximum atomic E-state index is 13.3. The predicted octanol–water partition coefficient (Wildman–Crippen LogP) is 3.02. The molecule has 152 valence electrons. The number of benzene rings is 2. The van der Waals surface area contributed by atoms with Crippen LogP contribution in [0, 0.1) is 0 Å². The molecule has 2 aromatic carbocycles. The lowest BCUT2D eigenvalue weighted by atomic mass is 9.86. The number of rotatable bonds is 6. The average molecular weight is 393 g/mol. The standard InChI is InChI=1S/C23H27N3O3/c1-28-18-9-7-17(8-10-18)21-22(27)19-5-2-3-6-20(19)25-23(21)24-11-4-12-26-13-15-29-16-14-26/h2-3,5-10,21H,4,11-16H2,1H3,(H,24,25). The number of carbonyl (C=O) groups excluding carboxylic acids is 1. The van der Waals surface area contributed by atoms with Crippen LogP contribution in [0.4, 0.5) is 5.69 Å². The monoisotopic (exact) mass is 393 g/mol. The van der Waals surface area contributed by atoms with Crippen LogP contribution in [0.25, 0.3) is 0 Å². The normalized spacial score (nSPS) is 19.4. The van der Waals surface area contributed by atoms with Crippen LogP contribution < -0.4 is 10.1 Å². The van der Waals surface area contributed by atoms with E-state index in [1.165, 1.54) is 0 Å². The van der Waals surface area contributed by atoms with E-state index >= 15 is 0 Å². The lowest BCUT2D eigenvalue weighted by Gasteiger charge is -2.27. The Morgan fingerprint density at radius 2 is 1.90 bits per heavy atom. The summed E-state index contributed by atoms with van der Waals surface area (Å²) in [5.74, 6) is 1.16. The number of nitrogens with one attached hydrogen (secondary N) is 1. The van der Waals surface area contributed by atoms with Crippen LogP contribution >= 0.6 is 0 Å². The highest BCUT2D eigenvalue weighted by molar-refractivity contribution is 6.21. The number of morpholine rings is 1. The Bertz CT molecular complexity index is 873. The molecule has 4 rings (SSSR count). The van der Waals surface area contributed by atoms with E-state index < -0.39 is 5.92 Å². The summed E-state index contributed by atoms with van der Waals surface area (Å²) in [6, 6.07) is 15.2. The van der Waals surface area contributed by atoms with E-state index in [9.17, 15) is 4.79 Å². The van der Waals surface area contributed by atoms with Crippen LogP contribution in [0.15, 0.2) is 53.5 Å². The lowest BCUT2D eigenvalue weighted by molar-refractivity contribution is 0.0376. The molecule has 0 spiro atoms. The molecule has 6 nitrogen and oxygen atoms in total. The first kappa shape index (κ1) is 19.6. The number of ether oxygens (including phenoxy) is 2. The Morgan fingerprint density at radius 3 is 2.66 bits per heavy atom. The third-order valence-corrected chi connectivity index (χ3v) is 5.46. The van der Waals surface area contributed by atoms with E-state index in [-0.39, 0.29) is 5.78 Å². The Labute approximate surface area is 171 Å². The minimum absolute atomic E-state index is 0.0800. The number of aliphatic imine (C=N–C) groups is 1. The first-order valence-electron chi connectivity index (χ1n) is 10.2. The number of carbonyl (C=O) groups is 1. The molecule has 0 aliphatic carbocycles. The van der Waals surface area contributed by atoms with E-state index in [4.69, 9.17) is 14.5 Å². The third-order valence-electron chi connectivity index (χ3n) is 5.46. The van der Waals surface area contributed by atoms with Gasteiger partial charge in [0.25, 0.3) is 0 Å². The van der Waals surface area contributed by atoms with Gasteiger partial charge in [-0.2, -0.15) is 0 Å². The number of hydrogen-bond donors (Lipinski definition) is 1. The molecular formula is C23H27N3O3. The zero-order chi connectivity index (χ0) is 20.1. The molecule has 2 aromatic rings. The smallest absolute Gasteiger partial charge is 0.180 e. The van der Waals surface area contributed by atoms with Gasteiger partial charge >= 0.3 is 0 Å². The van der Waals surface area contributed by atoms with Crippen molar-refractivity contribution in [3.05, 3.63) is 59.7 Å². The van der Waals surface area contributed by atoms with Gasteiger partial charge in [0.1, 0.15) is 17.5 Å². The van der Waals surface area contributed by atoms with Crippen molar-refractivity contribution in [3.63, 3.8) is 0 Å². The summed E-state index contributed by atoms with van der Waals surface area (Å²) in [7, 11) is 1.64. The number of amidine groups is 1. The average Bonchev–Trinajstić information content (AvgIpc) is 2.78. The molecule has 2 heterocycles. The largest absolute Gasteiger partial charge is 0.497 e. The van der Waals surface area contributed by atoms with Crippen molar-refractivity contribution in [2.45, 2.75) is 12.3 Å². The van der Waals surface area contributed by atoms with Gasteiger partial charge in [0.2, 0.25) is 0 Å². The Kier molecular flexibility index (Phi) is 6.22. The SMILES string of the molecule is COc1ccc(C2C(=O)c3ccccc3N=C2NCCCN2CCOCC2)cc1. The number of hydrogen-bond acceptors (Lipinski definition) is 6. The van der Waals surface area contributed by atoms with Crippen LogP contribution in [0.3, 0.4) is 0 Å². The van der Waals surface area contributed by atoms with Crippen molar-refractivity contribution in [2.24, 2.45) is 4.99 Å². The third kappa shape index (κ3) is 4.49. The van der Waals surface area contributed by atoms with E-state index in [0.29, 0.717) is 5.56 Å². The zero-order valence-corrected chi connectivity index (χ0v) is 16.8. The van der Waals surface area contributed by atoms with Gasteiger partial charge in [-0.15, -0.1) is 0 Å². The van der Waals surface area contributed by atoms with E-state index in [1.807, 2.05) is 48.5 Å². The highest BCUT2D eigenvalue weighted by Gasteiger charge is 2.32. The van der Waals surface area contributed by atoms with Gasteiger partial charge in [0.15, 0.2) is 5.78 Å². The van der Waals surface area contributed by atoms with Crippen LogP contribution in [-0.4, -0.2) is 63.0 Å². The van der Waals surface area contributed by atoms with Gasteiger partial charge in [-0.25, -0.2) is 4.99 Å². The van der Waals surface area contributed by atoms with Gasteiger partial charge in [0, 0.05) is 25.2 Å². The number of methoxy groups -OCH3 is 1. The van der Waals surface area contributed by atoms with E-state index in [1.54, 1.807) is 7.11 Å². The molecule has 1 N–H and O–H groups in total. The number of fused-ring (bicyclic) bond motifs is 1. The number of ketones is 1. The summed E-state index contributed by atoms with van der Waals surface area (Å²) < 4.78 is 10.7. The molecule has 0 amide bonds. The van der Waals surface area contributed by atoms with E-state index in [2.05, 4.69) is 10.2 Å². The first-order chi connectivity index (χ1) is 14.3. The molecular weight excluding hydrogens is 366 g/mol. The lowest BCUT2D eigenvalue weighted by Crippen LogP contribution is -2.40. The van der Waals surface area contributed by atoms with Gasteiger partial charge < -0.3 is 14.8 Å². The number of Topliss-reactive ketones (excluding diaryl/α,β-unsaturated/α-hetero) is 1. The van der Waals surface area contributed by atoms with E-state index in [0.717, 1.165) is 68.6 Å². The number of para-hydroxylation sites is 1. The maximum Gasteiger partial charge on any atom is 0.180 e. The molecule has 1 atom stereocenters. The predicted molar refractivity (Wildman–Crippen MR) is 113 cm³/mol. The molecule has 0 saturated carbocycles. The fourth-order valence-corrected chi connectivity index (χ4v) is 3.84. The fourth-order valence-electron chi connectivity index (χ4n) is 3.84. The summed E-state index contributed by atoms with van der Waals surface area (Å²) in [4.78, 5) is 20.5. The van der Waals surface area contributed by atoms with Gasteiger partial charge in [-0.05, 0) is 42.8 Å². The first-order valence-corrected chi connectivity index (χ1v) is 10.2.